The van der Waals surface area contributed by atoms with E-state index in [1.807, 2.05) is 56.3 Å². The van der Waals surface area contributed by atoms with Gasteiger partial charge in [-0.15, -0.1) is 0 Å². The smallest absolute Gasteiger partial charge is 0.306 e. The number of ether oxygens (including phenoxy) is 1. The van der Waals surface area contributed by atoms with Crippen molar-refractivity contribution in [3.63, 3.8) is 0 Å². The lowest BCUT2D eigenvalue weighted by Gasteiger charge is -2.32. The summed E-state index contributed by atoms with van der Waals surface area (Å²) in [6, 6.07) is 18.9. The van der Waals surface area contributed by atoms with Crippen molar-refractivity contribution in [2.24, 2.45) is 5.41 Å². The van der Waals surface area contributed by atoms with Gasteiger partial charge in [0.05, 0.1) is 6.42 Å². The summed E-state index contributed by atoms with van der Waals surface area (Å²) in [5.41, 5.74) is 1.48. The Labute approximate surface area is 197 Å². The fourth-order valence-corrected chi connectivity index (χ4v) is 4.41. The molecule has 0 saturated heterocycles. The van der Waals surface area contributed by atoms with E-state index in [1.54, 1.807) is 18.2 Å². The van der Waals surface area contributed by atoms with E-state index in [-0.39, 0.29) is 13.2 Å². The van der Waals surface area contributed by atoms with Gasteiger partial charge in [0.2, 0.25) is 0 Å². The molecule has 1 amide bonds. The molecule has 0 radical (unpaired) electrons. The first-order valence-electron chi connectivity index (χ1n) is 10.8. The number of aliphatic carboxylic acids is 1. The summed E-state index contributed by atoms with van der Waals surface area (Å²) < 4.78 is 6.30. The van der Waals surface area contributed by atoms with Crippen LogP contribution in [0.4, 0.5) is 5.69 Å². The highest BCUT2D eigenvalue weighted by molar-refractivity contribution is 6.30. The second-order valence-corrected chi connectivity index (χ2v) is 9.56. The van der Waals surface area contributed by atoms with Crippen LogP contribution in [0.25, 0.3) is 10.8 Å². The van der Waals surface area contributed by atoms with E-state index >= 15 is 0 Å². The van der Waals surface area contributed by atoms with Crippen LogP contribution in [0.2, 0.25) is 5.02 Å². The van der Waals surface area contributed by atoms with Crippen molar-refractivity contribution in [2.75, 3.05) is 18.1 Å². The average Bonchev–Trinajstić information content (AvgIpc) is 2.88. The molecule has 0 aromatic heterocycles. The van der Waals surface area contributed by atoms with Crippen LogP contribution >= 0.6 is 11.6 Å². The molecule has 2 N–H and O–H groups in total. The highest BCUT2D eigenvalue weighted by atomic mass is 35.5. The maximum Gasteiger partial charge on any atom is 0.306 e. The molecule has 1 aliphatic heterocycles. The first-order valence-corrected chi connectivity index (χ1v) is 11.1. The van der Waals surface area contributed by atoms with Gasteiger partial charge in [0.15, 0.2) is 0 Å². The number of aliphatic hydroxyl groups excluding tert-OH is 1. The number of hydrogen-bond donors (Lipinski definition) is 2. The first-order chi connectivity index (χ1) is 15.7. The topological polar surface area (TPSA) is 87.1 Å². The maximum absolute atomic E-state index is 13.6. The molecule has 0 saturated carbocycles. The number of carboxylic acid groups (broad SMARTS) is 1. The third-order valence-electron chi connectivity index (χ3n) is 5.88. The number of halogens is 1. The minimum atomic E-state index is -1.20. The van der Waals surface area contributed by atoms with Gasteiger partial charge in [-0.1, -0.05) is 67.9 Å². The molecule has 7 heteroatoms. The third-order valence-corrected chi connectivity index (χ3v) is 6.12. The Morgan fingerprint density at radius 1 is 1.09 bits per heavy atom. The van der Waals surface area contributed by atoms with Crippen molar-refractivity contribution in [3.8, 4) is 0 Å². The number of carbonyl (C=O) groups excluding carboxylic acids is 1. The normalized spacial score (nSPS) is 18.8. The second-order valence-electron chi connectivity index (χ2n) is 9.12. The van der Waals surface area contributed by atoms with Gasteiger partial charge in [-0.3, -0.25) is 9.59 Å². The maximum atomic E-state index is 13.6. The SMILES string of the molecule is CC(C)(CO)CN1C(=O)[C@H](CC(=O)O)O[C@@H](c2cccc3ccccc23)c2cc(Cl)ccc21. The molecule has 0 aliphatic carbocycles. The predicted octanol–water partition coefficient (Wildman–Crippen LogP) is 4.81. The molecule has 1 aliphatic rings. The minimum Gasteiger partial charge on any atom is -0.481 e. The van der Waals surface area contributed by atoms with Gasteiger partial charge in [0.25, 0.3) is 5.91 Å². The van der Waals surface area contributed by atoms with Crippen molar-refractivity contribution in [2.45, 2.75) is 32.5 Å². The highest BCUT2D eigenvalue weighted by Gasteiger charge is 2.40. The van der Waals surface area contributed by atoms with E-state index in [0.29, 0.717) is 16.3 Å². The zero-order chi connectivity index (χ0) is 23.8. The number of benzene rings is 3. The monoisotopic (exact) mass is 467 g/mol. The Bertz CT molecular complexity index is 1200. The van der Waals surface area contributed by atoms with E-state index in [2.05, 4.69) is 0 Å². The molecule has 1 heterocycles. The molecule has 172 valence electrons. The van der Waals surface area contributed by atoms with Gasteiger partial charge < -0.3 is 19.8 Å². The van der Waals surface area contributed by atoms with Crippen LogP contribution in [0.3, 0.4) is 0 Å². The van der Waals surface area contributed by atoms with Crippen LogP contribution in [0.1, 0.15) is 37.5 Å². The second kappa shape index (κ2) is 9.14. The number of carbonyl (C=O) groups is 2. The zero-order valence-corrected chi connectivity index (χ0v) is 19.2. The number of carboxylic acids is 1. The molecule has 3 aromatic rings. The molecule has 4 rings (SSSR count). The first kappa shape index (κ1) is 23.2. The summed E-state index contributed by atoms with van der Waals surface area (Å²) >= 11 is 6.37. The Kier molecular flexibility index (Phi) is 6.43. The van der Waals surface area contributed by atoms with Gasteiger partial charge in [-0.05, 0) is 34.5 Å². The minimum absolute atomic E-state index is 0.142. The number of fused-ring (bicyclic) bond motifs is 2. The Hall–Kier alpha value is -2.93. The Morgan fingerprint density at radius 3 is 2.55 bits per heavy atom. The molecule has 33 heavy (non-hydrogen) atoms. The standard InChI is InChI=1S/C26H26ClNO5/c1-26(2,15-29)14-28-21-11-10-17(27)12-20(21)24(33-22(25(28)32)13-23(30)31)19-9-5-7-16-6-3-4-8-18(16)19/h3-12,22,24,29H,13-15H2,1-2H3,(H,30,31)/t22-,24-/m0/s1. The molecular weight excluding hydrogens is 442 g/mol. The van der Waals surface area contributed by atoms with Crippen LogP contribution in [0.5, 0.6) is 0 Å². The van der Waals surface area contributed by atoms with E-state index < -0.39 is 35.9 Å². The molecule has 0 bridgehead atoms. The molecule has 0 spiro atoms. The fraction of sp³-hybridized carbons (Fsp3) is 0.308. The summed E-state index contributed by atoms with van der Waals surface area (Å²) in [4.78, 5) is 26.8. The van der Waals surface area contributed by atoms with Gasteiger partial charge in [-0.25, -0.2) is 0 Å². The molecule has 3 aromatic carbocycles. The van der Waals surface area contributed by atoms with Crippen LogP contribution in [-0.2, 0) is 14.3 Å². The quantitative estimate of drug-likeness (QED) is 0.543. The Balaban J connectivity index is 1.95. The highest BCUT2D eigenvalue weighted by Crippen LogP contribution is 2.42. The van der Waals surface area contributed by atoms with Gasteiger partial charge in [-0.2, -0.15) is 0 Å². The number of nitrogens with zero attached hydrogens (tertiary/aromatic N) is 1. The van der Waals surface area contributed by atoms with Crippen LogP contribution in [0, 0.1) is 5.41 Å². The summed E-state index contributed by atoms with van der Waals surface area (Å²) in [5, 5.41) is 21.8. The zero-order valence-electron chi connectivity index (χ0n) is 18.5. The van der Waals surface area contributed by atoms with Crippen LogP contribution in [0.15, 0.2) is 60.7 Å². The van der Waals surface area contributed by atoms with Gasteiger partial charge >= 0.3 is 5.97 Å². The molecule has 0 unspecified atom stereocenters. The number of amides is 1. The van der Waals surface area contributed by atoms with Crippen molar-refractivity contribution >= 4 is 39.9 Å². The summed E-state index contributed by atoms with van der Waals surface area (Å²) in [5.74, 6) is -1.58. The van der Waals surface area contributed by atoms with Crippen molar-refractivity contribution in [3.05, 3.63) is 76.8 Å². The van der Waals surface area contributed by atoms with Crippen molar-refractivity contribution in [1.29, 1.82) is 0 Å². The lowest BCUT2D eigenvalue weighted by molar-refractivity contribution is -0.147. The lowest BCUT2D eigenvalue weighted by atomic mass is 9.92. The number of anilines is 1. The molecular formula is C26H26ClNO5. The molecule has 0 fully saturated rings. The van der Waals surface area contributed by atoms with E-state index in [0.717, 1.165) is 16.3 Å². The third kappa shape index (κ3) is 4.74. The van der Waals surface area contributed by atoms with E-state index in [1.165, 1.54) is 4.90 Å². The van der Waals surface area contributed by atoms with E-state index in [9.17, 15) is 19.8 Å². The van der Waals surface area contributed by atoms with Crippen molar-refractivity contribution in [1.82, 2.24) is 0 Å². The molecule has 2 atom stereocenters. The Morgan fingerprint density at radius 2 is 1.82 bits per heavy atom. The average molecular weight is 468 g/mol. The van der Waals surface area contributed by atoms with Gasteiger partial charge in [0.1, 0.15) is 12.2 Å². The molecule has 6 nitrogen and oxygen atoms in total. The van der Waals surface area contributed by atoms with Crippen LogP contribution in [-0.4, -0.2) is 41.3 Å². The summed E-state index contributed by atoms with van der Waals surface area (Å²) in [7, 11) is 0. The summed E-state index contributed by atoms with van der Waals surface area (Å²) in [6.45, 7) is 3.74. The van der Waals surface area contributed by atoms with Crippen LogP contribution < -0.4 is 4.90 Å². The van der Waals surface area contributed by atoms with E-state index in [4.69, 9.17) is 16.3 Å². The lowest BCUT2D eigenvalue weighted by Crippen LogP contribution is -2.45. The van der Waals surface area contributed by atoms with Gasteiger partial charge in [0, 0.05) is 34.8 Å². The number of hydrogen-bond acceptors (Lipinski definition) is 4. The van der Waals surface area contributed by atoms with Crippen molar-refractivity contribution < 1.29 is 24.5 Å². The fourth-order valence-electron chi connectivity index (χ4n) is 4.22. The predicted molar refractivity (Wildman–Crippen MR) is 128 cm³/mol. The summed E-state index contributed by atoms with van der Waals surface area (Å²) in [6.07, 6.45) is -2.38. The number of rotatable bonds is 6. The number of aliphatic hydroxyl groups is 1. The largest absolute Gasteiger partial charge is 0.481 e.